The number of aromatic nitrogens is 5. The fourth-order valence-corrected chi connectivity index (χ4v) is 2.57. The molecular weight excluding hydrogens is 274 g/mol. The Labute approximate surface area is 127 Å². The molecule has 0 amide bonds. The Morgan fingerprint density at radius 2 is 1.77 bits per heavy atom. The van der Waals surface area contributed by atoms with Crippen molar-refractivity contribution >= 4 is 10.9 Å². The topological polar surface area (TPSA) is 67.3 Å². The molecule has 106 valence electrons. The first-order chi connectivity index (χ1) is 10.8. The van der Waals surface area contributed by atoms with Gasteiger partial charge in [0.25, 0.3) is 0 Å². The van der Waals surface area contributed by atoms with Crippen molar-refractivity contribution in [2.45, 2.75) is 6.92 Å². The molecular formula is C17H13N5. The van der Waals surface area contributed by atoms with Crippen LogP contribution in [0.1, 0.15) is 5.56 Å². The molecule has 0 aliphatic heterocycles. The van der Waals surface area contributed by atoms with Crippen LogP contribution >= 0.6 is 0 Å². The first-order valence-electron chi connectivity index (χ1n) is 7.02. The average Bonchev–Trinajstić information content (AvgIpc) is 3.09. The van der Waals surface area contributed by atoms with Crippen molar-refractivity contribution in [3.8, 4) is 22.6 Å². The van der Waals surface area contributed by atoms with Gasteiger partial charge in [0.15, 0.2) is 0 Å². The summed E-state index contributed by atoms with van der Waals surface area (Å²) in [5.74, 6) is 0.571. The van der Waals surface area contributed by atoms with Crippen LogP contribution in [0.5, 0.6) is 0 Å². The molecule has 0 spiro atoms. The molecule has 0 aliphatic rings. The standard InChI is InChI=1S/C17H13N5/c1-11-6-8-15-12(10-11)7-9-16(18-15)13-4-2-3-5-14(13)17-19-21-22-20-17/h2-10H,1H3,(H,19,20,21,22). The van der Waals surface area contributed by atoms with E-state index in [0.29, 0.717) is 5.82 Å². The van der Waals surface area contributed by atoms with Crippen LogP contribution in [0.15, 0.2) is 54.6 Å². The predicted molar refractivity (Wildman–Crippen MR) is 85.1 cm³/mol. The van der Waals surface area contributed by atoms with Crippen molar-refractivity contribution in [2.75, 3.05) is 0 Å². The molecule has 0 fully saturated rings. The van der Waals surface area contributed by atoms with E-state index in [1.807, 2.05) is 36.4 Å². The van der Waals surface area contributed by atoms with E-state index in [1.54, 1.807) is 0 Å². The number of H-pyrrole nitrogens is 1. The van der Waals surface area contributed by atoms with Crippen molar-refractivity contribution in [1.29, 1.82) is 0 Å². The van der Waals surface area contributed by atoms with Gasteiger partial charge in [0.05, 0.1) is 11.2 Å². The molecule has 0 unspecified atom stereocenters. The van der Waals surface area contributed by atoms with Gasteiger partial charge in [-0.3, -0.25) is 0 Å². The Morgan fingerprint density at radius 3 is 2.59 bits per heavy atom. The van der Waals surface area contributed by atoms with E-state index in [0.717, 1.165) is 27.7 Å². The molecule has 2 heterocycles. The van der Waals surface area contributed by atoms with E-state index < -0.39 is 0 Å². The number of tetrazole rings is 1. The van der Waals surface area contributed by atoms with Crippen LogP contribution in [0.2, 0.25) is 0 Å². The summed E-state index contributed by atoms with van der Waals surface area (Å²) in [5.41, 5.74) is 5.01. The Morgan fingerprint density at radius 1 is 0.909 bits per heavy atom. The SMILES string of the molecule is Cc1ccc2nc(-c3ccccc3-c3nn[nH]n3)ccc2c1. The van der Waals surface area contributed by atoms with Crippen LogP contribution in [-0.4, -0.2) is 25.6 Å². The van der Waals surface area contributed by atoms with E-state index >= 15 is 0 Å². The van der Waals surface area contributed by atoms with E-state index in [-0.39, 0.29) is 0 Å². The highest BCUT2D eigenvalue weighted by Crippen LogP contribution is 2.29. The first-order valence-corrected chi connectivity index (χ1v) is 7.02. The summed E-state index contributed by atoms with van der Waals surface area (Å²) in [6, 6.07) is 18.3. The lowest BCUT2D eigenvalue weighted by atomic mass is 10.0. The second-order valence-electron chi connectivity index (χ2n) is 5.17. The Bertz CT molecular complexity index is 944. The molecule has 2 aromatic heterocycles. The summed E-state index contributed by atoms with van der Waals surface area (Å²) in [6.45, 7) is 2.08. The van der Waals surface area contributed by atoms with Crippen LogP contribution in [0.4, 0.5) is 0 Å². The molecule has 0 atom stereocenters. The molecule has 0 aliphatic carbocycles. The Balaban J connectivity index is 1.91. The minimum atomic E-state index is 0.571. The van der Waals surface area contributed by atoms with Gasteiger partial charge in [-0.25, -0.2) is 4.98 Å². The molecule has 0 saturated carbocycles. The minimum Gasteiger partial charge on any atom is -0.248 e. The maximum atomic E-state index is 4.77. The molecule has 5 heteroatoms. The van der Waals surface area contributed by atoms with Gasteiger partial charge >= 0.3 is 0 Å². The lowest BCUT2D eigenvalue weighted by Crippen LogP contribution is -1.90. The Kier molecular flexibility index (Phi) is 2.89. The zero-order chi connectivity index (χ0) is 14.9. The highest BCUT2D eigenvalue weighted by Gasteiger charge is 2.11. The Hall–Kier alpha value is -3.08. The summed E-state index contributed by atoms with van der Waals surface area (Å²) in [7, 11) is 0. The number of fused-ring (bicyclic) bond motifs is 1. The molecule has 5 nitrogen and oxygen atoms in total. The normalized spacial score (nSPS) is 11.0. The zero-order valence-electron chi connectivity index (χ0n) is 12.0. The van der Waals surface area contributed by atoms with Crippen molar-refractivity contribution in [1.82, 2.24) is 25.6 Å². The summed E-state index contributed by atoms with van der Waals surface area (Å²) in [5, 5.41) is 15.4. The summed E-state index contributed by atoms with van der Waals surface area (Å²) in [6.07, 6.45) is 0. The highest BCUT2D eigenvalue weighted by molar-refractivity contribution is 5.85. The average molecular weight is 287 g/mol. The third kappa shape index (κ3) is 2.13. The third-order valence-corrected chi connectivity index (χ3v) is 3.63. The summed E-state index contributed by atoms with van der Waals surface area (Å²) < 4.78 is 0. The van der Waals surface area contributed by atoms with Crippen LogP contribution in [0.25, 0.3) is 33.5 Å². The van der Waals surface area contributed by atoms with E-state index in [9.17, 15) is 0 Å². The number of benzene rings is 2. The summed E-state index contributed by atoms with van der Waals surface area (Å²) in [4.78, 5) is 4.77. The number of nitrogens with one attached hydrogen (secondary N) is 1. The maximum absolute atomic E-state index is 4.77. The second-order valence-corrected chi connectivity index (χ2v) is 5.17. The van der Waals surface area contributed by atoms with Crippen LogP contribution in [-0.2, 0) is 0 Å². The smallest absolute Gasteiger partial charge is 0.205 e. The fraction of sp³-hybridized carbons (Fsp3) is 0.0588. The van der Waals surface area contributed by atoms with Crippen molar-refractivity contribution in [2.24, 2.45) is 0 Å². The number of hydrogen-bond donors (Lipinski definition) is 1. The van der Waals surface area contributed by atoms with Gasteiger partial charge in [0.2, 0.25) is 5.82 Å². The number of nitrogens with zero attached hydrogens (tertiary/aromatic N) is 4. The van der Waals surface area contributed by atoms with Gasteiger partial charge in [-0.2, -0.15) is 5.21 Å². The van der Waals surface area contributed by atoms with Crippen molar-refractivity contribution in [3.63, 3.8) is 0 Å². The number of hydrogen-bond acceptors (Lipinski definition) is 4. The monoisotopic (exact) mass is 287 g/mol. The number of rotatable bonds is 2. The maximum Gasteiger partial charge on any atom is 0.205 e. The lowest BCUT2D eigenvalue weighted by Gasteiger charge is -2.07. The van der Waals surface area contributed by atoms with Crippen LogP contribution < -0.4 is 0 Å². The van der Waals surface area contributed by atoms with E-state index in [4.69, 9.17) is 4.98 Å². The van der Waals surface area contributed by atoms with Crippen LogP contribution in [0.3, 0.4) is 0 Å². The van der Waals surface area contributed by atoms with Gasteiger partial charge in [0, 0.05) is 16.5 Å². The van der Waals surface area contributed by atoms with Gasteiger partial charge in [-0.15, -0.1) is 10.2 Å². The largest absolute Gasteiger partial charge is 0.248 e. The van der Waals surface area contributed by atoms with E-state index in [1.165, 1.54) is 5.56 Å². The fourth-order valence-electron chi connectivity index (χ4n) is 2.57. The van der Waals surface area contributed by atoms with Crippen molar-refractivity contribution in [3.05, 3.63) is 60.2 Å². The number of pyridine rings is 1. The second kappa shape index (κ2) is 5.04. The van der Waals surface area contributed by atoms with Crippen LogP contribution in [0, 0.1) is 6.92 Å². The minimum absolute atomic E-state index is 0.571. The van der Waals surface area contributed by atoms with Gasteiger partial charge in [0.1, 0.15) is 0 Å². The highest BCUT2D eigenvalue weighted by atomic mass is 15.5. The first kappa shape index (κ1) is 12.6. The van der Waals surface area contributed by atoms with Gasteiger partial charge < -0.3 is 0 Å². The molecule has 4 aromatic rings. The predicted octanol–water partition coefficient (Wildman–Crippen LogP) is 3.39. The zero-order valence-corrected chi connectivity index (χ0v) is 12.0. The molecule has 4 rings (SSSR count). The molecule has 0 saturated heterocycles. The molecule has 0 bridgehead atoms. The molecule has 2 aromatic carbocycles. The molecule has 0 radical (unpaired) electrons. The summed E-state index contributed by atoms with van der Waals surface area (Å²) >= 11 is 0. The van der Waals surface area contributed by atoms with Gasteiger partial charge in [-0.05, 0) is 30.3 Å². The van der Waals surface area contributed by atoms with Gasteiger partial charge in [-0.1, -0.05) is 42.0 Å². The number of aryl methyl sites for hydroxylation is 1. The molecule has 1 N–H and O–H groups in total. The lowest BCUT2D eigenvalue weighted by molar-refractivity contribution is 0.881. The van der Waals surface area contributed by atoms with E-state index in [2.05, 4.69) is 45.7 Å². The number of aromatic amines is 1. The van der Waals surface area contributed by atoms with Crippen molar-refractivity contribution < 1.29 is 0 Å². The third-order valence-electron chi connectivity index (χ3n) is 3.63. The molecule has 22 heavy (non-hydrogen) atoms. The quantitative estimate of drug-likeness (QED) is 0.613.